The minimum Gasteiger partial charge on any atom is -0.352 e. The van der Waals surface area contributed by atoms with Gasteiger partial charge in [-0.15, -0.1) is 11.3 Å². The molecule has 0 radical (unpaired) electrons. The first kappa shape index (κ1) is 14.9. The number of hydrogen-bond acceptors (Lipinski definition) is 7. The molecule has 2 aromatic heterocycles. The monoisotopic (exact) mass is 319 g/mol. The summed E-state index contributed by atoms with van der Waals surface area (Å²) in [7, 11) is 0. The van der Waals surface area contributed by atoms with Gasteiger partial charge in [0.05, 0.1) is 11.0 Å². The molecule has 0 aromatic carbocycles. The molecule has 8 heteroatoms. The van der Waals surface area contributed by atoms with Crippen molar-refractivity contribution in [2.75, 3.05) is 25.0 Å². The minimum atomic E-state index is -0.498. The summed E-state index contributed by atoms with van der Waals surface area (Å²) >= 11 is 1.75. The first-order valence-electron chi connectivity index (χ1n) is 7.22. The third kappa shape index (κ3) is 3.40. The minimum absolute atomic E-state index is 0.0973. The van der Waals surface area contributed by atoms with Crippen molar-refractivity contribution in [2.24, 2.45) is 0 Å². The summed E-state index contributed by atoms with van der Waals surface area (Å²) in [6.45, 7) is 2.90. The van der Waals surface area contributed by atoms with Gasteiger partial charge in [-0.3, -0.25) is 15.0 Å². The lowest BCUT2D eigenvalue weighted by atomic mass is 10.2. The van der Waals surface area contributed by atoms with Gasteiger partial charge in [-0.05, 0) is 37.4 Å². The fourth-order valence-electron chi connectivity index (χ4n) is 2.64. The van der Waals surface area contributed by atoms with Gasteiger partial charge < -0.3 is 5.32 Å². The van der Waals surface area contributed by atoms with E-state index in [2.05, 4.69) is 37.7 Å². The van der Waals surface area contributed by atoms with Crippen molar-refractivity contribution in [3.05, 3.63) is 44.9 Å². The summed E-state index contributed by atoms with van der Waals surface area (Å²) in [5, 5.41) is 15.9. The molecule has 0 amide bonds. The summed E-state index contributed by atoms with van der Waals surface area (Å²) in [4.78, 5) is 21.9. The highest BCUT2D eigenvalue weighted by Gasteiger charge is 2.24. The number of likely N-dealkylation sites (tertiary alicyclic amines) is 1. The number of anilines is 1. The van der Waals surface area contributed by atoms with Gasteiger partial charge in [0.1, 0.15) is 12.4 Å². The zero-order chi connectivity index (χ0) is 15.4. The van der Waals surface area contributed by atoms with Gasteiger partial charge in [-0.1, -0.05) is 6.07 Å². The highest BCUT2D eigenvalue weighted by molar-refractivity contribution is 7.10. The standard InChI is InChI=1S/C14H17N5O2S/c20-19(21)11-8-15-14(16-9-11)17-10-12(13-4-3-7-22-13)18-5-1-2-6-18/h3-4,7-9,12H,1-2,5-6,10H2,(H,15,16,17). The summed E-state index contributed by atoms with van der Waals surface area (Å²) in [6, 6.07) is 4.50. The Hall–Kier alpha value is -2.06. The third-order valence-corrected chi connectivity index (χ3v) is 4.73. The number of rotatable bonds is 6. The predicted octanol–water partition coefficient (Wildman–Crippen LogP) is 2.70. The molecule has 1 atom stereocenters. The number of hydrogen-bond donors (Lipinski definition) is 1. The fraction of sp³-hybridized carbons (Fsp3) is 0.429. The molecular formula is C14H17N5O2S. The lowest BCUT2D eigenvalue weighted by Crippen LogP contribution is -2.30. The normalized spacial score (nSPS) is 16.5. The number of thiophene rings is 1. The van der Waals surface area contributed by atoms with Crippen molar-refractivity contribution in [3.63, 3.8) is 0 Å². The van der Waals surface area contributed by atoms with Crippen LogP contribution in [0.25, 0.3) is 0 Å². The van der Waals surface area contributed by atoms with E-state index >= 15 is 0 Å². The van der Waals surface area contributed by atoms with Crippen molar-refractivity contribution in [1.82, 2.24) is 14.9 Å². The Labute approximate surface area is 132 Å². The Morgan fingerprint density at radius 3 is 2.68 bits per heavy atom. The van der Waals surface area contributed by atoms with Crippen LogP contribution in [0.5, 0.6) is 0 Å². The van der Waals surface area contributed by atoms with Crippen LogP contribution in [0.15, 0.2) is 29.9 Å². The van der Waals surface area contributed by atoms with E-state index in [1.807, 2.05) is 0 Å². The highest BCUT2D eigenvalue weighted by atomic mass is 32.1. The maximum absolute atomic E-state index is 10.6. The highest BCUT2D eigenvalue weighted by Crippen LogP contribution is 2.28. The van der Waals surface area contributed by atoms with Gasteiger partial charge in [0.15, 0.2) is 0 Å². The quantitative estimate of drug-likeness (QED) is 0.651. The van der Waals surface area contributed by atoms with Crippen molar-refractivity contribution >= 4 is 23.0 Å². The number of aromatic nitrogens is 2. The molecule has 3 heterocycles. The average Bonchev–Trinajstić information content (AvgIpc) is 3.22. The second-order valence-electron chi connectivity index (χ2n) is 5.18. The van der Waals surface area contributed by atoms with Crippen LogP contribution in [0.4, 0.5) is 11.6 Å². The van der Waals surface area contributed by atoms with Gasteiger partial charge in [0.2, 0.25) is 5.95 Å². The Morgan fingerprint density at radius 1 is 1.36 bits per heavy atom. The van der Waals surface area contributed by atoms with Gasteiger partial charge in [-0.25, -0.2) is 9.97 Å². The van der Waals surface area contributed by atoms with Crippen LogP contribution in [0.3, 0.4) is 0 Å². The van der Waals surface area contributed by atoms with Crippen LogP contribution in [-0.4, -0.2) is 39.4 Å². The number of nitrogens with one attached hydrogen (secondary N) is 1. The number of nitro groups is 1. The molecule has 116 valence electrons. The Kier molecular flexibility index (Phi) is 4.59. The molecule has 0 spiro atoms. The number of nitrogens with zero attached hydrogens (tertiary/aromatic N) is 4. The van der Waals surface area contributed by atoms with Crippen LogP contribution >= 0.6 is 11.3 Å². The summed E-state index contributed by atoms with van der Waals surface area (Å²) < 4.78 is 0. The summed E-state index contributed by atoms with van der Waals surface area (Å²) in [6.07, 6.45) is 4.92. The molecule has 1 aliphatic heterocycles. The molecule has 0 bridgehead atoms. The zero-order valence-electron chi connectivity index (χ0n) is 12.0. The Bertz CT molecular complexity index is 611. The van der Waals surface area contributed by atoms with E-state index in [1.54, 1.807) is 11.3 Å². The Balaban J connectivity index is 1.67. The molecule has 1 saturated heterocycles. The first-order chi connectivity index (χ1) is 10.7. The molecule has 2 aromatic rings. The zero-order valence-corrected chi connectivity index (χ0v) is 12.8. The molecule has 1 unspecified atom stereocenters. The van der Waals surface area contributed by atoms with E-state index < -0.39 is 4.92 Å². The van der Waals surface area contributed by atoms with E-state index in [1.165, 1.54) is 30.1 Å². The van der Waals surface area contributed by atoms with Crippen LogP contribution < -0.4 is 5.32 Å². The van der Waals surface area contributed by atoms with Crippen molar-refractivity contribution in [3.8, 4) is 0 Å². The molecular weight excluding hydrogens is 302 g/mol. The second kappa shape index (κ2) is 6.80. The first-order valence-corrected chi connectivity index (χ1v) is 8.10. The molecule has 1 aliphatic rings. The van der Waals surface area contributed by atoms with E-state index in [4.69, 9.17) is 0 Å². The smallest absolute Gasteiger partial charge is 0.305 e. The van der Waals surface area contributed by atoms with Crippen molar-refractivity contribution in [1.29, 1.82) is 0 Å². The summed E-state index contributed by atoms with van der Waals surface area (Å²) in [5.74, 6) is 0.423. The molecule has 1 fully saturated rings. The van der Waals surface area contributed by atoms with Crippen molar-refractivity contribution in [2.45, 2.75) is 18.9 Å². The largest absolute Gasteiger partial charge is 0.352 e. The van der Waals surface area contributed by atoms with E-state index in [-0.39, 0.29) is 5.69 Å². The van der Waals surface area contributed by atoms with E-state index in [9.17, 15) is 10.1 Å². The second-order valence-corrected chi connectivity index (χ2v) is 6.16. The SMILES string of the molecule is O=[N+]([O-])c1cnc(NCC(c2cccs2)N2CCCC2)nc1. The molecule has 3 rings (SSSR count). The molecule has 22 heavy (non-hydrogen) atoms. The molecule has 0 aliphatic carbocycles. The lowest BCUT2D eigenvalue weighted by Gasteiger charge is -2.26. The topological polar surface area (TPSA) is 84.2 Å². The van der Waals surface area contributed by atoms with Crippen LogP contribution in [0.1, 0.15) is 23.8 Å². The van der Waals surface area contributed by atoms with E-state index in [0.717, 1.165) is 13.1 Å². The van der Waals surface area contributed by atoms with Crippen LogP contribution in [-0.2, 0) is 0 Å². The maximum Gasteiger partial charge on any atom is 0.305 e. The van der Waals surface area contributed by atoms with Gasteiger partial charge in [0, 0.05) is 11.4 Å². The van der Waals surface area contributed by atoms with Crippen LogP contribution in [0, 0.1) is 10.1 Å². The predicted molar refractivity (Wildman–Crippen MR) is 85.0 cm³/mol. The lowest BCUT2D eigenvalue weighted by molar-refractivity contribution is -0.385. The van der Waals surface area contributed by atoms with Gasteiger partial charge in [-0.2, -0.15) is 0 Å². The fourth-order valence-corrected chi connectivity index (χ4v) is 3.50. The summed E-state index contributed by atoms with van der Waals surface area (Å²) in [5.41, 5.74) is -0.0973. The Morgan fingerprint density at radius 2 is 2.09 bits per heavy atom. The van der Waals surface area contributed by atoms with E-state index in [0.29, 0.717) is 18.5 Å². The molecule has 0 saturated carbocycles. The molecule has 1 N–H and O–H groups in total. The average molecular weight is 319 g/mol. The van der Waals surface area contributed by atoms with Crippen LogP contribution in [0.2, 0.25) is 0 Å². The van der Waals surface area contributed by atoms with Gasteiger partial charge >= 0.3 is 5.69 Å². The van der Waals surface area contributed by atoms with Crippen molar-refractivity contribution < 1.29 is 4.92 Å². The third-order valence-electron chi connectivity index (χ3n) is 3.76. The molecule has 7 nitrogen and oxygen atoms in total. The maximum atomic E-state index is 10.6. The van der Waals surface area contributed by atoms with Gasteiger partial charge in [0.25, 0.3) is 0 Å².